The zero-order chi connectivity index (χ0) is 11.9. The molecule has 0 aromatic rings. The first-order chi connectivity index (χ1) is 8.19. The second kappa shape index (κ2) is 4.11. The molecule has 3 rings (SSSR count). The lowest BCUT2D eigenvalue weighted by molar-refractivity contribution is -0.126. The van der Waals surface area contributed by atoms with Gasteiger partial charge in [-0.25, -0.2) is 0 Å². The molecule has 1 spiro atoms. The van der Waals surface area contributed by atoms with Crippen molar-refractivity contribution in [1.29, 1.82) is 0 Å². The average Bonchev–Trinajstić information content (AvgIpc) is 2.88. The minimum atomic E-state index is -0.0684. The Morgan fingerprint density at radius 3 is 2.18 bits per heavy atom. The van der Waals surface area contributed by atoms with E-state index < -0.39 is 0 Å². The Bertz CT molecular complexity index is 334. The van der Waals surface area contributed by atoms with Gasteiger partial charge in [0.25, 0.3) is 0 Å². The molecule has 1 atom stereocenters. The van der Waals surface area contributed by atoms with Crippen molar-refractivity contribution in [1.82, 2.24) is 5.32 Å². The van der Waals surface area contributed by atoms with E-state index in [1.54, 1.807) is 0 Å². The number of nitrogens with one attached hydrogen (secondary N) is 1. The lowest BCUT2D eigenvalue weighted by Gasteiger charge is -2.38. The van der Waals surface area contributed by atoms with Gasteiger partial charge in [0.2, 0.25) is 11.8 Å². The van der Waals surface area contributed by atoms with E-state index in [-0.39, 0.29) is 17.7 Å². The van der Waals surface area contributed by atoms with Crippen molar-refractivity contribution >= 4 is 11.8 Å². The van der Waals surface area contributed by atoms with Crippen LogP contribution in [0.4, 0.5) is 0 Å². The number of carbonyl (C=O) groups is 2. The summed E-state index contributed by atoms with van der Waals surface area (Å²) < 4.78 is 0. The summed E-state index contributed by atoms with van der Waals surface area (Å²) in [5, 5.41) is 2.45. The van der Waals surface area contributed by atoms with Gasteiger partial charge in [-0.1, -0.05) is 12.8 Å². The van der Waals surface area contributed by atoms with Gasteiger partial charge in [-0.15, -0.1) is 0 Å². The lowest BCUT2D eigenvalue weighted by atomic mass is 9.66. The molecule has 94 valence electrons. The summed E-state index contributed by atoms with van der Waals surface area (Å²) in [7, 11) is 0. The van der Waals surface area contributed by atoms with Gasteiger partial charge in [0.1, 0.15) is 0 Å². The maximum atomic E-state index is 11.7. The predicted octanol–water partition coefficient (Wildman–Crippen LogP) is 2.40. The fraction of sp³-hybridized carbons (Fsp3) is 0.857. The Hall–Kier alpha value is -0.860. The minimum absolute atomic E-state index is 0.0117. The van der Waals surface area contributed by atoms with Gasteiger partial charge < -0.3 is 0 Å². The molecule has 17 heavy (non-hydrogen) atoms. The summed E-state index contributed by atoms with van der Waals surface area (Å²) in [6.45, 7) is 0. The number of imide groups is 1. The first-order valence-corrected chi connectivity index (χ1v) is 7.02. The van der Waals surface area contributed by atoms with Gasteiger partial charge in [-0.2, -0.15) is 0 Å². The molecule has 2 amide bonds. The molecule has 2 aliphatic carbocycles. The zero-order valence-corrected chi connectivity index (χ0v) is 10.3. The van der Waals surface area contributed by atoms with Crippen LogP contribution in [-0.2, 0) is 9.59 Å². The largest absolute Gasteiger partial charge is 0.296 e. The van der Waals surface area contributed by atoms with Crippen LogP contribution in [0, 0.1) is 17.3 Å². The Labute approximate surface area is 102 Å². The summed E-state index contributed by atoms with van der Waals surface area (Å²) in [4.78, 5) is 22.9. The molecule has 1 saturated heterocycles. The molecule has 1 aliphatic heterocycles. The smallest absolute Gasteiger partial charge is 0.230 e. The van der Waals surface area contributed by atoms with Crippen LogP contribution in [0.3, 0.4) is 0 Å². The van der Waals surface area contributed by atoms with Crippen LogP contribution in [0.25, 0.3) is 0 Å². The van der Waals surface area contributed by atoms with Crippen molar-refractivity contribution in [2.24, 2.45) is 17.3 Å². The molecule has 3 nitrogen and oxygen atoms in total. The summed E-state index contributed by atoms with van der Waals surface area (Å²) >= 11 is 0. The van der Waals surface area contributed by atoms with Crippen molar-refractivity contribution in [3.05, 3.63) is 0 Å². The molecule has 3 fully saturated rings. The van der Waals surface area contributed by atoms with Crippen LogP contribution < -0.4 is 5.32 Å². The Morgan fingerprint density at radius 2 is 1.65 bits per heavy atom. The Balaban J connectivity index is 1.61. The molecular weight excluding hydrogens is 214 g/mol. The van der Waals surface area contributed by atoms with Gasteiger partial charge in [0, 0.05) is 12.3 Å². The third-order valence-electron chi connectivity index (χ3n) is 5.33. The second-order valence-corrected chi connectivity index (χ2v) is 6.27. The zero-order valence-electron chi connectivity index (χ0n) is 10.3. The lowest BCUT2D eigenvalue weighted by Crippen LogP contribution is -2.31. The quantitative estimate of drug-likeness (QED) is 0.709. The molecule has 1 heterocycles. The Morgan fingerprint density at radius 1 is 1.00 bits per heavy atom. The fourth-order valence-corrected chi connectivity index (χ4v) is 4.23. The number of carbonyl (C=O) groups excluding carboxylic acids is 2. The third-order valence-corrected chi connectivity index (χ3v) is 5.33. The van der Waals surface area contributed by atoms with E-state index in [4.69, 9.17) is 0 Å². The van der Waals surface area contributed by atoms with Crippen molar-refractivity contribution in [2.75, 3.05) is 0 Å². The first kappa shape index (κ1) is 11.2. The SMILES string of the molecule is O=C1CC(C2CCC3(CCCC3)CC2)C(=O)N1. The van der Waals surface area contributed by atoms with Crippen LogP contribution in [0.1, 0.15) is 57.8 Å². The molecule has 3 heteroatoms. The molecule has 0 bridgehead atoms. The predicted molar refractivity (Wildman–Crippen MR) is 64.1 cm³/mol. The van der Waals surface area contributed by atoms with Gasteiger partial charge in [-0.05, 0) is 49.9 Å². The fourth-order valence-electron chi connectivity index (χ4n) is 4.23. The number of hydrogen-bond donors (Lipinski definition) is 1. The standard InChI is InChI=1S/C14H21NO2/c16-12-9-11(13(17)15-12)10-3-7-14(8-4-10)5-1-2-6-14/h10-11H,1-9H2,(H,15,16,17). The van der Waals surface area contributed by atoms with Crippen LogP contribution in [0.15, 0.2) is 0 Å². The van der Waals surface area contributed by atoms with Crippen LogP contribution >= 0.6 is 0 Å². The van der Waals surface area contributed by atoms with Crippen LogP contribution in [0.2, 0.25) is 0 Å². The van der Waals surface area contributed by atoms with E-state index in [1.807, 2.05) is 0 Å². The van der Waals surface area contributed by atoms with Crippen LogP contribution in [0.5, 0.6) is 0 Å². The average molecular weight is 235 g/mol. The molecule has 0 radical (unpaired) electrons. The monoisotopic (exact) mass is 235 g/mol. The number of amides is 2. The molecular formula is C14H21NO2. The van der Waals surface area contributed by atoms with Crippen molar-refractivity contribution in [3.63, 3.8) is 0 Å². The van der Waals surface area contributed by atoms with Crippen molar-refractivity contribution in [3.8, 4) is 0 Å². The maximum Gasteiger partial charge on any atom is 0.230 e. The van der Waals surface area contributed by atoms with E-state index in [9.17, 15) is 9.59 Å². The molecule has 3 aliphatic rings. The number of hydrogen-bond acceptors (Lipinski definition) is 2. The van der Waals surface area contributed by atoms with E-state index in [1.165, 1.54) is 38.5 Å². The molecule has 2 saturated carbocycles. The Kier molecular flexibility index (Phi) is 2.72. The van der Waals surface area contributed by atoms with Crippen molar-refractivity contribution in [2.45, 2.75) is 57.8 Å². The second-order valence-electron chi connectivity index (χ2n) is 6.27. The maximum absolute atomic E-state index is 11.7. The summed E-state index contributed by atoms with van der Waals surface area (Å²) in [5.74, 6) is 0.373. The van der Waals surface area contributed by atoms with E-state index >= 15 is 0 Å². The van der Waals surface area contributed by atoms with E-state index in [0.717, 1.165) is 12.8 Å². The molecule has 0 aromatic carbocycles. The van der Waals surface area contributed by atoms with Gasteiger partial charge in [0.15, 0.2) is 0 Å². The highest BCUT2D eigenvalue weighted by atomic mass is 16.2. The van der Waals surface area contributed by atoms with Gasteiger partial charge in [-0.3, -0.25) is 14.9 Å². The summed E-state index contributed by atoms with van der Waals surface area (Å²) in [5.41, 5.74) is 0.621. The topological polar surface area (TPSA) is 46.2 Å². The van der Waals surface area contributed by atoms with Gasteiger partial charge in [0.05, 0.1) is 0 Å². The highest BCUT2D eigenvalue weighted by molar-refractivity contribution is 6.03. The molecule has 0 aromatic heterocycles. The summed E-state index contributed by atoms with van der Waals surface area (Å²) in [6.07, 6.45) is 10.9. The highest BCUT2D eigenvalue weighted by Gasteiger charge is 2.43. The van der Waals surface area contributed by atoms with E-state index in [2.05, 4.69) is 5.32 Å². The highest BCUT2D eigenvalue weighted by Crippen LogP contribution is 2.51. The summed E-state index contributed by atoms with van der Waals surface area (Å²) in [6, 6.07) is 0. The molecule has 1 N–H and O–H groups in total. The normalized spacial score (nSPS) is 33.3. The first-order valence-electron chi connectivity index (χ1n) is 7.02. The van der Waals surface area contributed by atoms with Crippen LogP contribution in [-0.4, -0.2) is 11.8 Å². The van der Waals surface area contributed by atoms with E-state index in [0.29, 0.717) is 17.8 Å². The van der Waals surface area contributed by atoms with Crippen molar-refractivity contribution < 1.29 is 9.59 Å². The minimum Gasteiger partial charge on any atom is -0.296 e. The molecule has 1 unspecified atom stereocenters. The van der Waals surface area contributed by atoms with Gasteiger partial charge >= 0.3 is 0 Å². The third kappa shape index (κ3) is 2.00. The number of rotatable bonds is 1.